The molecule has 6 rings (SSSR count). The summed E-state index contributed by atoms with van der Waals surface area (Å²) in [6, 6.07) is 21.7. The Morgan fingerprint density at radius 2 is 1.78 bits per heavy atom. The van der Waals surface area contributed by atoms with Gasteiger partial charge >= 0.3 is 0 Å². The third kappa shape index (κ3) is 2.41. The van der Waals surface area contributed by atoms with Crippen LogP contribution in [0.3, 0.4) is 0 Å². The van der Waals surface area contributed by atoms with Gasteiger partial charge in [0, 0.05) is 52.6 Å². The summed E-state index contributed by atoms with van der Waals surface area (Å²) in [7, 11) is 3.86. The maximum atomic E-state index is 6.51. The molecule has 0 aliphatic carbocycles. The molecular weight excluding hydrogens is 396 g/mol. The number of hydrogen-bond donors (Lipinski definition) is 0. The zero-order valence-electron chi connectivity index (χ0n) is 19.1. The Bertz CT molecular complexity index is 1400. The number of anilines is 1. The normalized spacial score (nSPS) is 21.6. The molecule has 0 amide bonds. The Labute approximate surface area is 188 Å². The summed E-state index contributed by atoms with van der Waals surface area (Å²) in [6.45, 7) is 6.15. The summed E-state index contributed by atoms with van der Waals surface area (Å²) < 4.78 is 14.3. The van der Waals surface area contributed by atoms with Crippen molar-refractivity contribution in [3.8, 4) is 5.75 Å². The van der Waals surface area contributed by atoms with E-state index in [1.807, 2.05) is 0 Å². The van der Waals surface area contributed by atoms with E-state index in [0.29, 0.717) is 6.61 Å². The van der Waals surface area contributed by atoms with Crippen LogP contribution >= 0.6 is 0 Å². The van der Waals surface area contributed by atoms with Crippen LogP contribution in [-0.4, -0.2) is 30.6 Å². The molecule has 4 nitrogen and oxygen atoms in total. The third-order valence-electron chi connectivity index (χ3n) is 7.54. The van der Waals surface area contributed by atoms with Crippen molar-refractivity contribution in [2.75, 3.05) is 25.2 Å². The molecule has 1 unspecified atom stereocenters. The lowest BCUT2D eigenvalue weighted by molar-refractivity contribution is 0.000337. The highest BCUT2D eigenvalue weighted by molar-refractivity contribution is 6.08. The van der Waals surface area contributed by atoms with Gasteiger partial charge < -0.3 is 18.9 Å². The number of nitrogens with zero attached hydrogens (tertiary/aromatic N) is 2. The smallest absolute Gasteiger partial charge is 0.170 e. The summed E-state index contributed by atoms with van der Waals surface area (Å²) in [5.74, 6) is 0.882. The lowest BCUT2D eigenvalue weighted by Crippen LogP contribution is -2.51. The average molecular weight is 425 g/mol. The van der Waals surface area contributed by atoms with Gasteiger partial charge in [0.15, 0.2) is 5.72 Å². The minimum Gasteiger partial charge on any atom is -0.497 e. The van der Waals surface area contributed by atoms with Crippen molar-refractivity contribution in [2.24, 2.45) is 7.05 Å². The second-order valence-electron chi connectivity index (χ2n) is 9.39. The van der Waals surface area contributed by atoms with E-state index >= 15 is 0 Å². The number of methoxy groups -OCH3 is 1. The van der Waals surface area contributed by atoms with E-state index < -0.39 is 5.72 Å². The third-order valence-corrected chi connectivity index (χ3v) is 7.54. The Kier molecular flexibility index (Phi) is 4.03. The number of fused-ring (bicyclic) bond motifs is 6. The standard InChI is InChI=1S/C28H28N2O2/c1-27(2)23-11-10-20(31-4)18-26(23)30-15-16-32-28(27,30)14-13-19-9-12-25-22(17-19)21-7-5-6-8-24(21)29(25)3/h5-14,17-18H,15-16H2,1-4H3/b14-13+. The molecular formula is C28H28N2O2. The van der Waals surface area contributed by atoms with Gasteiger partial charge in [0.1, 0.15) is 5.75 Å². The molecule has 2 aliphatic rings. The fourth-order valence-corrected chi connectivity index (χ4v) is 5.78. The maximum Gasteiger partial charge on any atom is 0.170 e. The van der Waals surface area contributed by atoms with Gasteiger partial charge in [0.05, 0.1) is 13.7 Å². The number of ether oxygens (including phenoxy) is 2. The van der Waals surface area contributed by atoms with Crippen molar-refractivity contribution in [2.45, 2.75) is 25.0 Å². The molecule has 162 valence electrons. The number of hydrogen-bond acceptors (Lipinski definition) is 3. The summed E-state index contributed by atoms with van der Waals surface area (Å²) in [5, 5.41) is 2.57. The zero-order chi connectivity index (χ0) is 22.1. The predicted molar refractivity (Wildman–Crippen MR) is 132 cm³/mol. The van der Waals surface area contributed by atoms with E-state index in [1.54, 1.807) is 7.11 Å². The topological polar surface area (TPSA) is 26.6 Å². The number of aromatic nitrogens is 1. The van der Waals surface area contributed by atoms with Gasteiger partial charge in [0.25, 0.3) is 0 Å². The number of rotatable bonds is 3. The van der Waals surface area contributed by atoms with Gasteiger partial charge in [-0.2, -0.15) is 0 Å². The molecule has 1 saturated heterocycles. The van der Waals surface area contributed by atoms with E-state index in [9.17, 15) is 0 Å². The van der Waals surface area contributed by atoms with Gasteiger partial charge in [-0.1, -0.05) is 50.3 Å². The fraction of sp³-hybridized carbons (Fsp3) is 0.286. The lowest BCUT2D eigenvalue weighted by Gasteiger charge is -2.39. The molecule has 0 spiro atoms. The van der Waals surface area contributed by atoms with Crippen LogP contribution in [0, 0.1) is 0 Å². The van der Waals surface area contributed by atoms with Crippen LogP contribution in [0.4, 0.5) is 5.69 Å². The largest absolute Gasteiger partial charge is 0.497 e. The Morgan fingerprint density at radius 3 is 2.62 bits per heavy atom. The van der Waals surface area contributed by atoms with Gasteiger partial charge in [-0.25, -0.2) is 0 Å². The highest BCUT2D eigenvalue weighted by Crippen LogP contribution is 2.55. The Morgan fingerprint density at radius 1 is 0.969 bits per heavy atom. The van der Waals surface area contributed by atoms with E-state index in [-0.39, 0.29) is 5.41 Å². The lowest BCUT2D eigenvalue weighted by atomic mass is 9.77. The minimum absolute atomic E-state index is 0.189. The average Bonchev–Trinajstić information content (AvgIpc) is 3.42. The molecule has 0 N–H and O–H groups in total. The van der Waals surface area contributed by atoms with Crippen LogP contribution in [0.2, 0.25) is 0 Å². The molecule has 3 aromatic carbocycles. The molecule has 0 bridgehead atoms. The molecule has 0 saturated carbocycles. The highest BCUT2D eigenvalue weighted by Gasteiger charge is 2.59. The van der Waals surface area contributed by atoms with Crippen LogP contribution in [0.1, 0.15) is 25.0 Å². The molecule has 1 atom stereocenters. The second kappa shape index (κ2) is 6.63. The molecule has 32 heavy (non-hydrogen) atoms. The van der Waals surface area contributed by atoms with Crippen LogP contribution < -0.4 is 9.64 Å². The van der Waals surface area contributed by atoms with Gasteiger partial charge in [-0.05, 0) is 41.5 Å². The van der Waals surface area contributed by atoms with Crippen molar-refractivity contribution in [3.63, 3.8) is 0 Å². The van der Waals surface area contributed by atoms with E-state index in [0.717, 1.165) is 12.3 Å². The van der Waals surface area contributed by atoms with Crippen molar-refractivity contribution in [1.29, 1.82) is 0 Å². The maximum absolute atomic E-state index is 6.51. The van der Waals surface area contributed by atoms with E-state index in [1.165, 1.54) is 38.6 Å². The summed E-state index contributed by atoms with van der Waals surface area (Å²) in [4.78, 5) is 2.40. The Balaban J connectivity index is 1.46. The monoisotopic (exact) mass is 424 g/mol. The molecule has 1 fully saturated rings. The van der Waals surface area contributed by atoms with Crippen molar-refractivity contribution in [1.82, 2.24) is 4.57 Å². The first kappa shape index (κ1) is 19.4. The number of benzene rings is 3. The first-order valence-corrected chi connectivity index (χ1v) is 11.2. The highest BCUT2D eigenvalue weighted by atomic mass is 16.5. The van der Waals surface area contributed by atoms with Gasteiger partial charge in [0.2, 0.25) is 0 Å². The number of aryl methyl sites for hydroxylation is 1. The summed E-state index contributed by atoms with van der Waals surface area (Å²) >= 11 is 0. The molecule has 3 heterocycles. The van der Waals surface area contributed by atoms with Gasteiger partial charge in [-0.3, -0.25) is 0 Å². The molecule has 4 heteroatoms. The molecule has 4 aromatic rings. The van der Waals surface area contributed by atoms with Crippen LogP contribution in [0.5, 0.6) is 5.75 Å². The molecule has 0 radical (unpaired) electrons. The quantitative estimate of drug-likeness (QED) is 0.411. The van der Waals surface area contributed by atoms with Crippen molar-refractivity contribution >= 4 is 33.6 Å². The minimum atomic E-state index is -0.505. The fourth-order valence-electron chi connectivity index (χ4n) is 5.78. The summed E-state index contributed by atoms with van der Waals surface area (Å²) in [6.07, 6.45) is 4.49. The van der Waals surface area contributed by atoms with E-state index in [2.05, 4.69) is 103 Å². The predicted octanol–water partition coefficient (Wildman–Crippen LogP) is 5.88. The van der Waals surface area contributed by atoms with Crippen LogP contribution in [0.25, 0.3) is 27.9 Å². The van der Waals surface area contributed by atoms with Crippen molar-refractivity contribution in [3.05, 3.63) is 77.9 Å². The Hall–Kier alpha value is -3.24. The van der Waals surface area contributed by atoms with Crippen molar-refractivity contribution < 1.29 is 9.47 Å². The first-order chi connectivity index (χ1) is 15.5. The zero-order valence-corrected chi connectivity index (χ0v) is 19.1. The second-order valence-corrected chi connectivity index (χ2v) is 9.39. The van der Waals surface area contributed by atoms with E-state index in [4.69, 9.17) is 9.47 Å². The SMILES string of the molecule is COc1ccc2c(c1)N1CCOC1(/C=C/c1ccc3c(c1)c1ccccc1n3C)C2(C)C. The van der Waals surface area contributed by atoms with Gasteiger partial charge in [-0.15, -0.1) is 0 Å². The molecule has 1 aromatic heterocycles. The van der Waals surface area contributed by atoms with Crippen LogP contribution in [0.15, 0.2) is 66.7 Å². The number of para-hydroxylation sites is 1. The molecule has 2 aliphatic heterocycles. The van der Waals surface area contributed by atoms with Crippen LogP contribution in [-0.2, 0) is 17.2 Å². The summed E-state index contributed by atoms with van der Waals surface area (Å²) in [5.41, 5.74) is 5.51. The first-order valence-electron chi connectivity index (χ1n) is 11.2.